The van der Waals surface area contributed by atoms with Gasteiger partial charge in [-0.05, 0) is 47.9 Å². The van der Waals surface area contributed by atoms with Crippen LogP contribution >= 0.6 is 0 Å². The SMILES string of the molecule is CN(C)S(=O)(=O)c1ccc2c(c1)CCN2C(=O)c1ccc(CN2CCN(S(C)(=O)=O)CC2)cc1. The highest BCUT2D eigenvalue weighted by molar-refractivity contribution is 7.89. The number of amides is 1. The lowest BCUT2D eigenvalue weighted by atomic mass is 10.1. The van der Waals surface area contributed by atoms with Gasteiger partial charge in [0.25, 0.3) is 5.91 Å². The van der Waals surface area contributed by atoms with Crippen molar-refractivity contribution in [2.24, 2.45) is 0 Å². The fraction of sp³-hybridized carbons (Fsp3) is 0.435. The van der Waals surface area contributed by atoms with E-state index < -0.39 is 20.0 Å². The minimum absolute atomic E-state index is 0.115. The van der Waals surface area contributed by atoms with Gasteiger partial charge in [0.05, 0.1) is 11.2 Å². The van der Waals surface area contributed by atoms with Gasteiger partial charge in [-0.2, -0.15) is 4.31 Å². The van der Waals surface area contributed by atoms with Gasteiger partial charge in [-0.15, -0.1) is 0 Å². The number of nitrogens with zero attached hydrogens (tertiary/aromatic N) is 4. The fourth-order valence-electron chi connectivity index (χ4n) is 4.35. The summed E-state index contributed by atoms with van der Waals surface area (Å²) >= 11 is 0. The Morgan fingerprint density at radius 2 is 1.56 bits per heavy atom. The lowest BCUT2D eigenvalue weighted by Gasteiger charge is -2.33. The normalized spacial score (nSPS) is 17.8. The van der Waals surface area contributed by atoms with Crippen LogP contribution in [0.4, 0.5) is 5.69 Å². The van der Waals surface area contributed by atoms with Crippen LogP contribution in [-0.4, -0.2) is 89.3 Å². The van der Waals surface area contributed by atoms with Crippen molar-refractivity contribution in [2.45, 2.75) is 17.9 Å². The highest BCUT2D eigenvalue weighted by Crippen LogP contribution is 2.32. The van der Waals surface area contributed by atoms with E-state index in [0.717, 1.165) is 16.8 Å². The number of hydrogen-bond donors (Lipinski definition) is 0. The van der Waals surface area contributed by atoms with E-state index in [9.17, 15) is 21.6 Å². The number of sulfonamides is 2. The van der Waals surface area contributed by atoms with Crippen molar-refractivity contribution >= 4 is 31.6 Å². The van der Waals surface area contributed by atoms with Gasteiger partial charge in [-0.1, -0.05) is 12.1 Å². The second-order valence-electron chi connectivity index (χ2n) is 8.92. The summed E-state index contributed by atoms with van der Waals surface area (Å²) in [5, 5.41) is 0. The average Bonchev–Trinajstić information content (AvgIpc) is 3.22. The first-order chi connectivity index (χ1) is 16.0. The number of carbonyl (C=O) groups is 1. The summed E-state index contributed by atoms with van der Waals surface area (Å²) in [6, 6.07) is 12.4. The molecule has 0 unspecified atom stereocenters. The molecule has 2 aromatic rings. The molecule has 1 amide bonds. The molecule has 0 bridgehead atoms. The predicted octanol–water partition coefficient (Wildman–Crippen LogP) is 1.22. The zero-order chi connectivity index (χ0) is 24.7. The van der Waals surface area contributed by atoms with Crippen molar-refractivity contribution in [1.29, 1.82) is 0 Å². The van der Waals surface area contributed by atoms with Gasteiger partial charge in [0.2, 0.25) is 20.0 Å². The molecule has 0 aromatic heterocycles. The van der Waals surface area contributed by atoms with Crippen LogP contribution in [0.3, 0.4) is 0 Å². The zero-order valence-corrected chi connectivity index (χ0v) is 21.3. The highest BCUT2D eigenvalue weighted by atomic mass is 32.2. The van der Waals surface area contributed by atoms with Crippen LogP contribution in [0.25, 0.3) is 0 Å². The number of rotatable bonds is 6. The topological polar surface area (TPSA) is 98.3 Å². The number of piperazine rings is 1. The molecular weight excluding hydrogens is 476 g/mol. The molecule has 11 heteroatoms. The Morgan fingerprint density at radius 3 is 2.15 bits per heavy atom. The first-order valence-electron chi connectivity index (χ1n) is 11.1. The molecule has 2 aromatic carbocycles. The molecule has 0 spiro atoms. The van der Waals surface area contributed by atoms with Gasteiger partial charge < -0.3 is 4.90 Å². The first kappa shape index (κ1) is 24.8. The number of hydrogen-bond acceptors (Lipinski definition) is 6. The maximum Gasteiger partial charge on any atom is 0.258 e. The third-order valence-corrected chi connectivity index (χ3v) is 9.49. The molecule has 0 saturated carbocycles. The highest BCUT2D eigenvalue weighted by Gasteiger charge is 2.28. The molecule has 9 nitrogen and oxygen atoms in total. The van der Waals surface area contributed by atoms with Crippen LogP contribution in [0.2, 0.25) is 0 Å². The molecule has 2 aliphatic heterocycles. The van der Waals surface area contributed by atoms with Crippen LogP contribution in [0.15, 0.2) is 47.4 Å². The number of carbonyl (C=O) groups excluding carboxylic acids is 1. The van der Waals surface area contributed by atoms with E-state index in [1.54, 1.807) is 23.1 Å². The van der Waals surface area contributed by atoms with Crippen molar-refractivity contribution in [3.63, 3.8) is 0 Å². The largest absolute Gasteiger partial charge is 0.308 e. The third-order valence-electron chi connectivity index (χ3n) is 6.38. The van der Waals surface area contributed by atoms with Gasteiger partial charge in [-0.25, -0.2) is 21.1 Å². The second-order valence-corrected chi connectivity index (χ2v) is 13.1. The zero-order valence-electron chi connectivity index (χ0n) is 19.6. The molecular formula is C23H30N4O5S2. The van der Waals surface area contributed by atoms with Crippen LogP contribution in [-0.2, 0) is 33.0 Å². The van der Waals surface area contributed by atoms with Crippen molar-refractivity contribution in [3.8, 4) is 0 Å². The average molecular weight is 507 g/mol. The molecule has 1 fully saturated rings. The maximum atomic E-state index is 13.2. The Hall–Kier alpha value is -2.31. The summed E-state index contributed by atoms with van der Waals surface area (Å²) in [6.45, 7) is 3.52. The van der Waals surface area contributed by atoms with E-state index in [1.807, 2.05) is 24.3 Å². The summed E-state index contributed by atoms with van der Waals surface area (Å²) in [5.74, 6) is -0.115. The molecule has 0 atom stereocenters. The fourth-order valence-corrected chi connectivity index (χ4v) is 6.13. The van der Waals surface area contributed by atoms with E-state index >= 15 is 0 Å². The minimum atomic E-state index is -3.52. The Bertz CT molecular complexity index is 1280. The van der Waals surface area contributed by atoms with Gasteiger partial charge in [0.1, 0.15) is 0 Å². The Balaban J connectivity index is 1.42. The van der Waals surface area contributed by atoms with E-state index in [1.165, 1.54) is 29.0 Å². The monoisotopic (exact) mass is 506 g/mol. The summed E-state index contributed by atoms with van der Waals surface area (Å²) < 4.78 is 50.8. The molecule has 0 N–H and O–H groups in total. The van der Waals surface area contributed by atoms with Gasteiger partial charge in [0, 0.05) is 64.6 Å². The molecule has 1 saturated heterocycles. The molecule has 2 aliphatic rings. The summed E-state index contributed by atoms with van der Waals surface area (Å²) in [4.78, 5) is 17.3. The minimum Gasteiger partial charge on any atom is -0.308 e. The maximum absolute atomic E-state index is 13.2. The van der Waals surface area contributed by atoms with E-state index in [2.05, 4.69) is 4.90 Å². The molecule has 184 valence electrons. The van der Waals surface area contributed by atoms with Gasteiger partial charge in [0.15, 0.2) is 0 Å². The molecule has 4 rings (SSSR count). The Labute approximate surface area is 201 Å². The van der Waals surface area contributed by atoms with E-state index in [0.29, 0.717) is 51.3 Å². The summed E-state index contributed by atoms with van der Waals surface area (Å²) in [7, 11) is -3.68. The van der Waals surface area contributed by atoms with Gasteiger partial charge in [-0.3, -0.25) is 9.69 Å². The number of benzene rings is 2. The summed E-state index contributed by atoms with van der Waals surface area (Å²) in [5.41, 5.74) is 3.23. The van der Waals surface area contributed by atoms with Crippen LogP contribution < -0.4 is 4.90 Å². The van der Waals surface area contributed by atoms with Crippen LogP contribution in [0, 0.1) is 0 Å². The first-order valence-corrected chi connectivity index (χ1v) is 14.4. The second kappa shape index (κ2) is 9.38. The van der Waals surface area contributed by atoms with E-state index in [4.69, 9.17) is 0 Å². The predicted molar refractivity (Wildman–Crippen MR) is 131 cm³/mol. The Kier molecular flexibility index (Phi) is 6.85. The number of fused-ring (bicyclic) bond motifs is 1. The van der Waals surface area contributed by atoms with E-state index in [-0.39, 0.29) is 10.8 Å². The van der Waals surface area contributed by atoms with Crippen molar-refractivity contribution < 1.29 is 21.6 Å². The lowest BCUT2D eigenvalue weighted by molar-refractivity contribution is 0.0989. The van der Waals surface area contributed by atoms with Crippen molar-refractivity contribution in [1.82, 2.24) is 13.5 Å². The molecule has 2 heterocycles. The van der Waals surface area contributed by atoms with Gasteiger partial charge >= 0.3 is 0 Å². The van der Waals surface area contributed by atoms with Crippen LogP contribution in [0.5, 0.6) is 0 Å². The smallest absolute Gasteiger partial charge is 0.258 e. The molecule has 34 heavy (non-hydrogen) atoms. The quantitative estimate of drug-likeness (QED) is 0.584. The third kappa shape index (κ3) is 5.03. The standard InChI is InChI=1S/C23H30N4O5S2/c1-24(2)34(31,32)21-8-9-22-20(16-21)10-11-27(22)23(28)19-6-4-18(5-7-19)17-25-12-14-26(15-13-25)33(3,29)30/h4-9,16H,10-15,17H2,1-3H3. The lowest BCUT2D eigenvalue weighted by Crippen LogP contribution is -2.47. The molecule has 0 aliphatic carbocycles. The molecule has 0 radical (unpaired) electrons. The van der Waals surface area contributed by atoms with Crippen LogP contribution in [0.1, 0.15) is 21.5 Å². The van der Waals surface area contributed by atoms with Crippen molar-refractivity contribution in [3.05, 3.63) is 59.2 Å². The summed E-state index contributed by atoms with van der Waals surface area (Å²) in [6.07, 6.45) is 1.84. The van der Waals surface area contributed by atoms with Crippen molar-refractivity contribution in [2.75, 3.05) is 58.0 Å². The Morgan fingerprint density at radius 1 is 0.912 bits per heavy atom. The number of anilines is 1.